The van der Waals surface area contributed by atoms with Gasteiger partial charge in [0.15, 0.2) is 5.82 Å². The largest absolute Gasteiger partial charge is 0.353 e. The number of pyridine rings is 1. The molecule has 3 unspecified atom stereocenters. The van der Waals surface area contributed by atoms with Gasteiger partial charge in [-0.2, -0.15) is 0 Å². The Morgan fingerprint density at radius 2 is 1.84 bits per heavy atom. The number of hydrogen-bond donors (Lipinski definition) is 3. The molecule has 1 amide bonds. The number of likely N-dealkylation sites (tertiary alicyclic amines) is 1. The van der Waals surface area contributed by atoms with E-state index in [1.54, 1.807) is 0 Å². The Hall–Kier alpha value is -3.55. The third-order valence-corrected chi connectivity index (χ3v) is 8.65. The predicted molar refractivity (Wildman–Crippen MR) is 185 cm³/mol. The number of carbonyl (C=O) groups is 1. The van der Waals surface area contributed by atoms with E-state index >= 15 is 0 Å². The summed E-state index contributed by atoms with van der Waals surface area (Å²) in [6, 6.07) is 12.8. The molecule has 44 heavy (non-hydrogen) atoms. The van der Waals surface area contributed by atoms with Gasteiger partial charge in [-0.1, -0.05) is 82.7 Å². The number of aromatic nitrogens is 1. The first-order chi connectivity index (χ1) is 21.2. The van der Waals surface area contributed by atoms with Crippen LogP contribution in [-0.4, -0.2) is 53.7 Å². The lowest BCUT2D eigenvalue weighted by Crippen LogP contribution is -2.45. The number of benzene rings is 1. The van der Waals surface area contributed by atoms with Gasteiger partial charge >= 0.3 is 0 Å². The molecular formula is C37H52N6O. The number of anilines is 1. The molecule has 1 aromatic carbocycles. The van der Waals surface area contributed by atoms with Crippen LogP contribution in [0.2, 0.25) is 0 Å². The molecule has 7 nitrogen and oxygen atoms in total. The van der Waals surface area contributed by atoms with E-state index < -0.39 is 0 Å². The number of carbonyl (C=O) groups excluding carboxylic acids is 1. The normalized spacial score (nSPS) is 21.1. The van der Waals surface area contributed by atoms with Gasteiger partial charge in [0.05, 0.1) is 5.69 Å². The lowest BCUT2D eigenvalue weighted by molar-refractivity contribution is -0.127. The van der Waals surface area contributed by atoms with Crippen molar-refractivity contribution in [2.75, 3.05) is 24.6 Å². The summed E-state index contributed by atoms with van der Waals surface area (Å²) >= 11 is 0. The fraction of sp³-hybridized carbons (Fsp3) is 0.486. The number of allylic oxidation sites excluding steroid dienone is 3. The highest BCUT2D eigenvalue weighted by atomic mass is 16.1. The quantitative estimate of drug-likeness (QED) is 0.266. The fourth-order valence-electron chi connectivity index (χ4n) is 5.72. The molecule has 3 heterocycles. The van der Waals surface area contributed by atoms with Crippen molar-refractivity contribution in [3.63, 3.8) is 0 Å². The average molecular weight is 597 g/mol. The van der Waals surface area contributed by atoms with Crippen LogP contribution in [-0.2, 0) is 4.79 Å². The Morgan fingerprint density at radius 1 is 1.14 bits per heavy atom. The number of nitrogens with one attached hydrogen (secondary N) is 3. The summed E-state index contributed by atoms with van der Waals surface area (Å²) in [6.45, 7) is 15.7. The molecule has 1 aliphatic carbocycles. The van der Waals surface area contributed by atoms with E-state index in [0.29, 0.717) is 11.8 Å². The number of rotatable bonds is 9. The van der Waals surface area contributed by atoms with Gasteiger partial charge < -0.3 is 15.6 Å². The molecule has 5 rings (SSSR count). The smallest absolute Gasteiger partial charge is 0.223 e. The average Bonchev–Trinajstić information content (AvgIpc) is 3.47. The number of piperidine rings is 1. The fourth-order valence-corrected chi connectivity index (χ4v) is 5.72. The Balaban J connectivity index is 0.00000141. The summed E-state index contributed by atoms with van der Waals surface area (Å²) in [6.07, 6.45) is 16.4. The van der Waals surface area contributed by atoms with Crippen LogP contribution in [0.4, 0.5) is 5.82 Å². The highest BCUT2D eigenvalue weighted by Gasteiger charge is 2.28. The van der Waals surface area contributed by atoms with Gasteiger partial charge in [-0.15, -0.1) is 0 Å². The van der Waals surface area contributed by atoms with Crippen molar-refractivity contribution in [2.45, 2.75) is 79.3 Å². The van der Waals surface area contributed by atoms with Crippen molar-refractivity contribution < 1.29 is 4.79 Å². The Morgan fingerprint density at radius 3 is 2.41 bits per heavy atom. The molecule has 3 aliphatic rings. The van der Waals surface area contributed by atoms with Crippen molar-refractivity contribution in [1.82, 2.24) is 20.6 Å². The van der Waals surface area contributed by atoms with Gasteiger partial charge in [0, 0.05) is 48.1 Å². The first kappa shape index (κ1) is 33.3. The molecule has 1 fully saturated rings. The van der Waals surface area contributed by atoms with Gasteiger partial charge in [0.1, 0.15) is 0 Å². The molecule has 7 heteroatoms. The van der Waals surface area contributed by atoms with Crippen molar-refractivity contribution in [1.29, 1.82) is 5.41 Å². The molecule has 236 valence electrons. The molecule has 3 N–H and O–H groups in total. The third kappa shape index (κ3) is 8.54. The lowest BCUT2D eigenvalue weighted by atomic mass is 9.90. The molecule has 2 aromatic rings. The second-order valence-electron chi connectivity index (χ2n) is 12.8. The first-order valence-electron chi connectivity index (χ1n) is 16.5. The van der Waals surface area contributed by atoms with Crippen LogP contribution in [0.5, 0.6) is 0 Å². The SMILES string of the molecule is CC1C=CN(c2nc(C3=CCC(CN4CCC(C(=O)NC(C)C(C)C)CC4)C=C3)c(-c3ccccc3)cc2C=N)N1.CCC. The summed E-state index contributed by atoms with van der Waals surface area (Å²) in [5.41, 5.74) is 8.34. The first-order valence-corrected chi connectivity index (χ1v) is 16.5. The third-order valence-electron chi connectivity index (χ3n) is 8.65. The minimum absolute atomic E-state index is 0.129. The van der Waals surface area contributed by atoms with E-state index in [1.807, 2.05) is 29.4 Å². The molecule has 1 saturated heterocycles. The Kier molecular flexibility index (Phi) is 12.1. The van der Waals surface area contributed by atoms with Crippen LogP contribution in [0.25, 0.3) is 16.7 Å². The van der Waals surface area contributed by atoms with Crippen molar-refractivity contribution in [3.05, 3.63) is 78.2 Å². The van der Waals surface area contributed by atoms with E-state index in [9.17, 15) is 4.79 Å². The molecule has 0 radical (unpaired) electrons. The zero-order valence-corrected chi connectivity index (χ0v) is 27.5. The molecule has 0 spiro atoms. The summed E-state index contributed by atoms with van der Waals surface area (Å²) in [4.78, 5) is 20.4. The van der Waals surface area contributed by atoms with Crippen LogP contribution >= 0.6 is 0 Å². The highest BCUT2D eigenvalue weighted by molar-refractivity contribution is 5.92. The van der Waals surface area contributed by atoms with Crippen LogP contribution < -0.4 is 15.8 Å². The van der Waals surface area contributed by atoms with Crippen LogP contribution in [0.15, 0.2) is 66.9 Å². The summed E-state index contributed by atoms with van der Waals surface area (Å²) in [5, 5.41) is 13.2. The standard InChI is InChI=1S/C34H44N6O.C3H8/c1-23(2)25(4)36-34(41)29-15-17-39(18-16-29)22-26-10-12-28(13-11-26)32-31(27-8-6-5-7-9-27)20-30(21-35)33(37-32)40-19-14-24(3)38-40;1-3-2/h5-10,12-14,19-21,23-26,29,35,38H,11,15-18,22H2,1-4H3,(H,36,41);3H2,1-2H3. The molecule has 1 aromatic heterocycles. The zero-order valence-electron chi connectivity index (χ0n) is 27.5. The van der Waals surface area contributed by atoms with Gasteiger partial charge in [-0.25, -0.2) is 10.4 Å². The minimum atomic E-state index is 0.129. The molecular weight excluding hydrogens is 544 g/mol. The van der Waals surface area contributed by atoms with Gasteiger partial charge in [-0.05, 0) is 81.3 Å². The second-order valence-corrected chi connectivity index (χ2v) is 12.8. The van der Waals surface area contributed by atoms with Crippen molar-refractivity contribution in [2.24, 2.45) is 17.8 Å². The van der Waals surface area contributed by atoms with Gasteiger partial charge in [-0.3, -0.25) is 9.80 Å². The number of hydrazine groups is 1. The minimum Gasteiger partial charge on any atom is -0.353 e. The topological polar surface area (TPSA) is 84.4 Å². The summed E-state index contributed by atoms with van der Waals surface area (Å²) in [7, 11) is 0. The Labute approximate surface area is 265 Å². The number of amides is 1. The lowest BCUT2D eigenvalue weighted by Gasteiger charge is -2.34. The summed E-state index contributed by atoms with van der Waals surface area (Å²) < 4.78 is 0. The molecule has 3 atom stereocenters. The van der Waals surface area contributed by atoms with E-state index in [0.717, 1.165) is 72.7 Å². The Bertz CT molecular complexity index is 1340. The number of nitrogens with zero attached hydrogens (tertiary/aromatic N) is 3. The van der Waals surface area contributed by atoms with E-state index in [4.69, 9.17) is 10.4 Å². The maximum absolute atomic E-state index is 12.7. The second kappa shape index (κ2) is 16.0. The van der Waals surface area contributed by atoms with Crippen LogP contribution in [0.3, 0.4) is 0 Å². The van der Waals surface area contributed by atoms with Gasteiger partial charge in [0.25, 0.3) is 0 Å². The van der Waals surface area contributed by atoms with E-state index in [1.165, 1.54) is 12.6 Å². The molecule has 0 saturated carbocycles. The zero-order chi connectivity index (χ0) is 31.6. The van der Waals surface area contributed by atoms with Crippen LogP contribution in [0, 0.1) is 23.2 Å². The van der Waals surface area contributed by atoms with E-state index in [-0.39, 0.29) is 23.9 Å². The van der Waals surface area contributed by atoms with Crippen molar-refractivity contribution in [3.8, 4) is 11.1 Å². The van der Waals surface area contributed by atoms with Crippen molar-refractivity contribution >= 4 is 23.5 Å². The van der Waals surface area contributed by atoms with Crippen LogP contribution in [0.1, 0.15) is 78.5 Å². The highest BCUT2D eigenvalue weighted by Crippen LogP contribution is 2.35. The predicted octanol–water partition coefficient (Wildman–Crippen LogP) is 7.22. The maximum Gasteiger partial charge on any atom is 0.223 e. The molecule has 2 aliphatic heterocycles. The summed E-state index contributed by atoms with van der Waals surface area (Å²) in [5.74, 6) is 1.98. The monoisotopic (exact) mass is 596 g/mol. The number of hydrogen-bond acceptors (Lipinski definition) is 6. The van der Waals surface area contributed by atoms with Gasteiger partial charge in [0.2, 0.25) is 5.91 Å². The molecule has 0 bridgehead atoms. The van der Waals surface area contributed by atoms with E-state index in [2.05, 4.69) is 99.7 Å². The maximum atomic E-state index is 12.7.